The van der Waals surface area contributed by atoms with Crippen LogP contribution in [0.25, 0.3) is 0 Å². The van der Waals surface area contributed by atoms with Gasteiger partial charge in [0.25, 0.3) is 5.91 Å². The molecule has 3 rings (SSSR count). The first-order valence-electron chi connectivity index (χ1n) is 7.91. The largest absolute Gasteiger partial charge is 0.481 e. The van der Waals surface area contributed by atoms with E-state index in [-0.39, 0.29) is 30.4 Å². The Morgan fingerprint density at radius 2 is 2.00 bits per heavy atom. The highest BCUT2D eigenvalue weighted by molar-refractivity contribution is 5.77. The first-order valence-corrected chi connectivity index (χ1v) is 7.91. The van der Waals surface area contributed by atoms with Crippen LogP contribution in [0, 0.1) is 11.6 Å². The summed E-state index contributed by atoms with van der Waals surface area (Å²) in [7, 11) is 0. The summed E-state index contributed by atoms with van der Waals surface area (Å²) in [6.45, 7) is 0.671. The molecule has 0 radical (unpaired) electrons. The van der Waals surface area contributed by atoms with Gasteiger partial charge in [0.1, 0.15) is 6.10 Å². The number of aromatic nitrogens is 2. The van der Waals surface area contributed by atoms with Crippen molar-refractivity contribution in [2.24, 2.45) is 0 Å². The molecule has 2 aromatic rings. The molecule has 0 bridgehead atoms. The molecular formula is C17H17F2N3O3. The average Bonchev–Trinajstić information content (AvgIpc) is 2.63. The van der Waals surface area contributed by atoms with Gasteiger partial charge in [0, 0.05) is 6.54 Å². The summed E-state index contributed by atoms with van der Waals surface area (Å²) in [6, 6.07) is 6.00. The van der Waals surface area contributed by atoms with E-state index in [4.69, 9.17) is 9.47 Å². The van der Waals surface area contributed by atoms with Gasteiger partial charge in [-0.25, -0.2) is 18.7 Å². The number of hydrogen-bond acceptors (Lipinski definition) is 5. The summed E-state index contributed by atoms with van der Waals surface area (Å²) in [6.07, 6.45) is 3.25. The fourth-order valence-electron chi connectivity index (χ4n) is 2.56. The number of carbonyl (C=O) groups is 1. The maximum absolute atomic E-state index is 13.5. The molecule has 2 heterocycles. The van der Waals surface area contributed by atoms with Crippen LogP contribution in [-0.2, 0) is 4.79 Å². The minimum absolute atomic E-state index is 0.0420. The Kier molecular flexibility index (Phi) is 5.37. The number of nitrogens with zero attached hydrogens (tertiary/aromatic N) is 3. The van der Waals surface area contributed by atoms with Gasteiger partial charge < -0.3 is 14.4 Å². The first-order chi connectivity index (χ1) is 12.1. The van der Waals surface area contributed by atoms with Crippen molar-refractivity contribution >= 4 is 5.91 Å². The number of piperidine rings is 1. The van der Waals surface area contributed by atoms with Gasteiger partial charge in [-0.3, -0.25) is 4.79 Å². The van der Waals surface area contributed by atoms with Crippen molar-refractivity contribution in [1.29, 1.82) is 0 Å². The van der Waals surface area contributed by atoms with E-state index in [2.05, 4.69) is 9.97 Å². The number of halogens is 2. The van der Waals surface area contributed by atoms with E-state index < -0.39 is 11.6 Å². The van der Waals surface area contributed by atoms with E-state index in [1.807, 2.05) is 0 Å². The van der Waals surface area contributed by atoms with E-state index in [1.54, 1.807) is 17.0 Å². The monoisotopic (exact) mass is 349 g/mol. The SMILES string of the molecule is O=C(COc1ccccc1F)N1CCCC(Oc2ncc(F)cn2)C1. The Labute approximate surface area is 143 Å². The third kappa shape index (κ3) is 4.62. The van der Waals surface area contributed by atoms with Crippen molar-refractivity contribution in [3.8, 4) is 11.8 Å². The van der Waals surface area contributed by atoms with Crippen LogP contribution in [0.3, 0.4) is 0 Å². The van der Waals surface area contributed by atoms with Gasteiger partial charge in [-0.15, -0.1) is 0 Å². The Hall–Kier alpha value is -2.77. The highest BCUT2D eigenvalue weighted by Gasteiger charge is 2.26. The van der Waals surface area contributed by atoms with E-state index in [1.165, 1.54) is 12.1 Å². The van der Waals surface area contributed by atoms with Gasteiger partial charge in [0.2, 0.25) is 0 Å². The molecule has 1 amide bonds. The van der Waals surface area contributed by atoms with Crippen molar-refractivity contribution < 1.29 is 23.0 Å². The fourth-order valence-corrected chi connectivity index (χ4v) is 2.56. The lowest BCUT2D eigenvalue weighted by Gasteiger charge is -2.32. The summed E-state index contributed by atoms with van der Waals surface area (Å²) in [4.78, 5) is 21.4. The van der Waals surface area contributed by atoms with E-state index in [0.717, 1.165) is 25.2 Å². The smallest absolute Gasteiger partial charge is 0.316 e. The molecule has 0 spiro atoms. The summed E-state index contributed by atoms with van der Waals surface area (Å²) in [5.41, 5.74) is 0. The van der Waals surface area contributed by atoms with E-state index >= 15 is 0 Å². The molecule has 1 saturated heterocycles. The fraction of sp³-hybridized carbons (Fsp3) is 0.353. The summed E-state index contributed by atoms with van der Waals surface area (Å²) >= 11 is 0. The molecule has 0 N–H and O–H groups in total. The molecule has 1 fully saturated rings. The molecule has 6 nitrogen and oxygen atoms in total. The molecule has 1 aromatic carbocycles. The van der Waals surface area contributed by atoms with Crippen LogP contribution in [0.15, 0.2) is 36.7 Å². The lowest BCUT2D eigenvalue weighted by atomic mass is 10.1. The summed E-state index contributed by atoms with van der Waals surface area (Å²) in [5, 5.41) is 0. The Morgan fingerprint density at radius 3 is 2.76 bits per heavy atom. The summed E-state index contributed by atoms with van der Waals surface area (Å²) in [5.74, 6) is -1.27. The van der Waals surface area contributed by atoms with E-state index in [9.17, 15) is 13.6 Å². The van der Waals surface area contributed by atoms with Gasteiger partial charge in [-0.1, -0.05) is 12.1 Å². The second kappa shape index (κ2) is 7.87. The van der Waals surface area contributed by atoms with Crippen LogP contribution in [0.1, 0.15) is 12.8 Å². The second-order valence-electron chi connectivity index (χ2n) is 5.62. The number of rotatable bonds is 5. The Morgan fingerprint density at radius 1 is 1.24 bits per heavy atom. The number of ether oxygens (including phenoxy) is 2. The predicted molar refractivity (Wildman–Crippen MR) is 84.1 cm³/mol. The topological polar surface area (TPSA) is 64.5 Å². The number of para-hydroxylation sites is 1. The normalized spacial score (nSPS) is 17.2. The quantitative estimate of drug-likeness (QED) is 0.828. The molecule has 0 aliphatic carbocycles. The van der Waals surface area contributed by atoms with Gasteiger partial charge in [-0.05, 0) is 25.0 Å². The Bertz CT molecular complexity index is 727. The predicted octanol–water partition coefficient (Wildman–Crippen LogP) is 2.20. The minimum Gasteiger partial charge on any atom is -0.481 e. The molecule has 8 heteroatoms. The number of benzene rings is 1. The molecule has 1 atom stereocenters. The second-order valence-corrected chi connectivity index (χ2v) is 5.62. The highest BCUT2D eigenvalue weighted by atomic mass is 19.1. The number of hydrogen-bond donors (Lipinski definition) is 0. The maximum Gasteiger partial charge on any atom is 0.316 e. The minimum atomic E-state index is -0.543. The van der Waals surface area contributed by atoms with Crippen molar-refractivity contribution in [3.05, 3.63) is 48.3 Å². The number of carbonyl (C=O) groups excluding carboxylic acids is 1. The highest BCUT2D eigenvalue weighted by Crippen LogP contribution is 2.18. The van der Waals surface area contributed by atoms with Crippen LogP contribution in [0.5, 0.6) is 11.8 Å². The van der Waals surface area contributed by atoms with Crippen LogP contribution in [-0.4, -0.2) is 46.6 Å². The van der Waals surface area contributed by atoms with Crippen molar-refractivity contribution in [2.45, 2.75) is 18.9 Å². The van der Waals surface area contributed by atoms with Gasteiger partial charge in [0.15, 0.2) is 24.0 Å². The zero-order valence-corrected chi connectivity index (χ0v) is 13.4. The molecule has 1 aromatic heterocycles. The first kappa shape index (κ1) is 17.1. The lowest BCUT2D eigenvalue weighted by Crippen LogP contribution is -2.46. The zero-order valence-electron chi connectivity index (χ0n) is 13.4. The number of amides is 1. The third-order valence-electron chi connectivity index (χ3n) is 3.79. The van der Waals surface area contributed by atoms with Crippen LogP contribution in [0.4, 0.5) is 8.78 Å². The van der Waals surface area contributed by atoms with Gasteiger partial charge in [-0.2, -0.15) is 0 Å². The standard InChI is InChI=1S/C17H17F2N3O3/c18-12-8-20-17(21-9-12)25-13-4-3-7-22(10-13)16(23)11-24-15-6-2-1-5-14(15)19/h1-2,5-6,8-9,13H,3-4,7,10-11H2. The van der Waals surface area contributed by atoms with Crippen molar-refractivity contribution in [1.82, 2.24) is 14.9 Å². The average molecular weight is 349 g/mol. The Balaban J connectivity index is 1.52. The van der Waals surface area contributed by atoms with Crippen molar-refractivity contribution in [2.75, 3.05) is 19.7 Å². The zero-order chi connectivity index (χ0) is 17.6. The van der Waals surface area contributed by atoms with Gasteiger partial charge in [0.05, 0.1) is 18.9 Å². The molecular weight excluding hydrogens is 332 g/mol. The summed E-state index contributed by atoms with van der Waals surface area (Å²) < 4.78 is 37.2. The molecule has 1 aliphatic rings. The third-order valence-corrected chi connectivity index (χ3v) is 3.79. The van der Waals surface area contributed by atoms with Crippen LogP contribution in [0.2, 0.25) is 0 Å². The molecule has 1 aliphatic heterocycles. The lowest BCUT2D eigenvalue weighted by molar-refractivity contribution is -0.136. The van der Waals surface area contributed by atoms with Crippen LogP contribution < -0.4 is 9.47 Å². The van der Waals surface area contributed by atoms with Crippen LogP contribution >= 0.6 is 0 Å². The van der Waals surface area contributed by atoms with Gasteiger partial charge >= 0.3 is 6.01 Å². The molecule has 25 heavy (non-hydrogen) atoms. The number of likely N-dealkylation sites (tertiary alicyclic amines) is 1. The molecule has 0 saturated carbocycles. The van der Waals surface area contributed by atoms with Crippen molar-refractivity contribution in [3.63, 3.8) is 0 Å². The molecule has 132 valence electrons. The molecule has 1 unspecified atom stereocenters. The van der Waals surface area contributed by atoms with E-state index in [0.29, 0.717) is 13.1 Å². The maximum atomic E-state index is 13.5.